The van der Waals surface area contributed by atoms with Gasteiger partial charge in [-0.25, -0.2) is 0 Å². The van der Waals surface area contributed by atoms with Crippen LogP contribution in [0, 0.1) is 0 Å². The molecule has 0 saturated carbocycles. The lowest BCUT2D eigenvalue weighted by Gasteiger charge is -2.27. The summed E-state index contributed by atoms with van der Waals surface area (Å²) in [6.45, 7) is 4.93. The Morgan fingerprint density at radius 1 is 1.35 bits per heavy atom. The van der Waals surface area contributed by atoms with E-state index >= 15 is 0 Å². The maximum Gasteiger partial charge on any atom is 0.194 e. The van der Waals surface area contributed by atoms with Gasteiger partial charge in [0.15, 0.2) is 11.8 Å². The third-order valence-electron chi connectivity index (χ3n) is 4.67. The van der Waals surface area contributed by atoms with Gasteiger partial charge in [0.05, 0.1) is 6.54 Å². The van der Waals surface area contributed by atoms with E-state index in [9.17, 15) is 0 Å². The van der Waals surface area contributed by atoms with Gasteiger partial charge < -0.3 is 14.8 Å². The van der Waals surface area contributed by atoms with Crippen molar-refractivity contribution in [2.24, 2.45) is 12.0 Å². The SMILES string of the molecule is CN=C(NCc1nncn1C)N1CCC(C)(c2ccccc2)C1. The fourth-order valence-electron chi connectivity index (χ4n) is 3.18. The van der Waals surface area contributed by atoms with Crippen molar-refractivity contribution < 1.29 is 0 Å². The number of nitrogens with zero attached hydrogens (tertiary/aromatic N) is 5. The highest BCUT2D eigenvalue weighted by molar-refractivity contribution is 5.80. The van der Waals surface area contributed by atoms with Crippen LogP contribution in [0.5, 0.6) is 0 Å². The van der Waals surface area contributed by atoms with E-state index in [0.717, 1.165) is 31.3 Å². The van der Waals surface area contributed by atoms with Gasteiger partial charge in [0.2, 0.25) is 0 Å². The van der Waals surface area contributed by atoms with E-state index in [0.29, 0.717) is 6.54 Å². The minimum absolute atomic E-state index is 0.170. The molecule has 3 rings (SSSR count). The number of hydrogen-bond acceptors (Lipinski definition) is 3. The van der Waals surface area contributed by atoms with Crippen LogP contribution in [0.4, 0.5) is 0 Å². The Kier molecular flexibility index (Phi) is 4.32. The predicted molar refractivity (Wildman–Crippen MR) is 91.2 cm³/mol. The number of guanidine groups is 1. The van der Waals surface area contributed by atoms with Crippen molar-refractivity contribution in [1.29, 1.82) is 0 Å². The maximum atomic E-state index is 4.43. The summed E-state index contributed by atoms with van der Waals surface area (Å²) in [6.07, 6.45) is 2.84. The van der Waals surface area contributed by atoms with Crippen LogP contribution in [0.2, 0.25) is 0 Å². The summed E-state index contributed by atoms with van der Waals surface area (Å²) in [7, 11) is 3.78. The summed E-state index contributed by atoms with van der Waals surface area (Å²) >= 11 is 0. The van der Waals surface area contributed by atoms with Crippen molar-refractivity contribution in [3.05, 3.63) is 48.0 Å². The molecular weight excluding hydrogens is 288 g/mol. The Bertz CT molecular complexity index is 677. The molecule has 0 aliphatic carbocycles. The molecule has 1 aliphatic rings. The smallest absolute Gasteiger partial charge is 0.194 e. The molecule has 1 aromatic heterocycles. The number of benzene rings is 1. The van der Waals surface area contributed by atoms with Crippen LogP contribution in [0.3, 0.4) is 0 Å². The molecule has 23 heavy (non-hydrogen) atoms. The largest absolute Gasteiger partial charge is 0.349 e. The number of rotatable bonds is 3. The highest BCUT2D eigenvalue weighted by Gasteiger charge is 2.36. The molecule has 1 unspecified atom stereocenters. The Labute approximate surface area is 137 Å². The Morgan fingerprint density at radius 2 is 2.13 bits per heavy atom. The van der Waals surface area contributed by atoms with Crippen LogP contribution >= 0.6 is 0 Å². The van der Waals surface area contributed by atoms with E-state index in [2.05, 4.69) is 62.7 Å². The van der Waals surface area contributed by atoms with Crippen LogP contribution in [0.1, 0.15) is 24.7 Å². The highest BCUT2D eigenvalue weighted by Crippen LogP contribution is 2.33. The summed E-state index contributed by atoms with van der Waals surface area (Å²) in [6, 6.07) is 10.7. The number of hydrogen-bond donors (Lipinski definition) is 1. The van der Waals surface area contributed by atoms with Gasteiger partial charge in [0.25, 0.3) is 0 Å². The standard InChI is InChI=1S/C17H24N6/c1-17(14-7-5-4-6-8-14)9-10-23(12-17)16(18-2)19-11-15-21-20-13-22(15)3/h4-8,13H,9-12H2,1-3H3,(H,18,19). The monoisotopic (exact) mass is 312 g/mol. The molecule has 122 valence electrons. The van der Waals surface area contributed by atoms with Crippen LogP contribution in [0.15, 0.2) is 41.7 Å². The summed E-state index contributed by atoms with van der Waals surface area (Å²) in [5.41, 5.74) is 1.56. The van der Waals surface area contributed by atoms with E-state index in [4.69, 9.17) is 0 Å². The van der Waals surface area contributed by atoms with Crippen LogP contribution < -0.4 is 5.32 Å². The van der Waals surface area contributed by atoms with Crippen molar-refractivity contribution in [3.8, 4) is 0 Å². The first-order chi connectivity index (χ1) is 11.1. The molecular formula is C17H24N6. The number of aliphatic imine (C=N–C) groups is 1. The molecule has 0 spiro atoms. The zero-order valence-electron chi connectivity index (χ0n) is 14.0. The molecule has 6 heteroatoms. The van der Waals surface area contributed by atoms with Gasteiger partial charge in [0.1, 0.15) is 6.33 Å². The van der Waals surface area contributed by atoms with Gasteiger partial charge in [-0.15, -0.1) is 10.2 Å². The van der Waals surface area contributed by atoms with Crippen LogP contribution in [-0.4, -0.2) is 45.8 Å². The third-order valence-corrected chi connectivity index (χ3v) is 4.67. The second-order valence-electron chi connectivity index (χ2n) is 6.36. The van der Waals surface area contributed by atoms with Crippen LogP contribution in [0.25, 0.3) is 0 Å². The van der Waals surface area contributed by atoms with Crippen molar-refractivity contribution in [1.82, 2.24) is 25.0 Å². The van der Waals surface area contributed by atoms with Crippen molar-refractivity contribution >= 4 is 5.96 Å². The molecule has 1 fully saturated rings. The highest BCUT2D eigenvalue weighted by atomic mass is 15.3. The number of likely N-dealkylation sites (tertiary alicyclic amines) is 1. The van der Waals surface area contributed by atoms with E-state index in [-0.39, 0.29) is 5.41 Å². The lowest BCUT2D eigenvalue weighted by atomic mass is 9.82. The van der Waals surface area contributed by atoms with E-state index in [1.165, 1.54) is 5.56 Å². The average Bonchev–Trinajstić information content (AvgIpc) is 3.16. The minimum Gasteiger partial charge on any atom is -0.349 e. The Balaban J connectivity index is 1.66. The van der Waals surface area contributed by atoms with Gasteiger partial charge in [-0.1, -0.05) is 37.3 Å². The Morgan fingerprint density at radius 3 is 2.78 bits per heavy atom. The molecule has 0 amide bonds. The second kappa shape index (κ2) is 6.40. The van der Waals surface area contributed by atoms with Crippen molar-refractivity contribution in [2.75, 3.05) is 20.1 Å². The van der Waals surface area contributed by atoms with Gasteiger partial charge in [-0.3, -0.25) is 4.99 Å². The fraction of sp³-hybridized carbons (Fsp3) is 0.471. The second-order valence-corrected chi connectivity index (χ2v) is 6.36. The van der Waals surface area contributed by atoms with E-state index < -0.39 is 0 Å². The topological polar surface area (TPSA) is 58.3 Å². The first-order valence-corrected chi connectivity index (χ1v) is 7.96. The average molecular weight is 312 g/mol. The number of aromatic nitrogens is 3. The first kappa shape index (κ1) is 15.5. The summed E-state index contributed by atoms with van der Waals surface area (Å²) < 4.78 is 1.92. The molecule has 1 N–H and O–H groups in total. The van der Waals surface area contributed by atoms with E-state index in [1.807, 2.05) is 18.7 Å². The first-order valence-electron chi connectivity index (χ1n) is 7.96. The predicted octanol–water partition coefficient (Wildman–Crippen LogP) is 1.55. The van der Waals surface area contributed by atoms with E-state index in [1.54, 1.807) is 6.33 Å². The van der Waals surface area contributed by atoms with Crippen LogP contribution in [-0.2, 0) is 19.0 Å². The van der Waals surface area contributed by atoms with Gasteiger partial charge in [-0.05, 0) is 12.0 Å². The summed E-state index contributed by atoms with van der Waals surface area (Å²) in [5.74, 6) is 1.82. The molecule has 2 heterocycles. The molecule has 1 aliphatic heterocycles. The van der Waals surface area contributed by atoms with Gasteiger partial charge >= 0.3 is 0 Å². The van der Waals surface area contributed by atoms with Gasteiger partial charge in [0, 0.05) is 32.6 Å². The molecule has 6 nitrogen and oxygen atoms in total. The third kappa shape index (κ3) is 3.21. The van der Waals surface area contributed by atoms with Crippen molar-refractivity contribution in [3.63, 3.8) is 0 Å². The minimum atomic E-state index is 0.170. The molecule has 1 saturated heterocycles. The van der Waals surface area contributed by atoms with Crippen molar-refractivity contribution in [2.45, 2.75) is 25.3 Å². The van der Waals surface area contributed by atoms with Gasteiger partial charge in [-0.2, -0.15) is 0 Å². The molecule has 0 bridgehead atoms. The number of aryl methyl sites for hydroxylation is 1. The maximum absolute atomic E-state index is 4.43. The zero-order chi connectivity index (χ0) is 16.3. The number of nitrogens with one attached hydrogen (secondary N) is 1. The normalized spacial score (nSPS) is 21.7. The molecule has 2 aromatic rings. The summed E-state index contributed by atoms with van der Waals surface area (Å²) in [4.78, 5) is 6.76. The Hall–Kier alpha value is -2.37. The lowest BCUT2D eigenvalue weighted by molar-refractivity contribution is 0.437. The molecule has 1 atom stereocenters. The summed E-state index contributed by atoms with van der Waals surface area (Å²) in [5, 5.41) is 11.4. The zero-order valence-corrected chi connectivity index (χ0v) is 14.0. The quantitative estimate of drug-likeness (QED) is 0.690. The fourth-order valence-corrected chi connectivity index (χ4v) is 3.18. The lowest BCUT2D eigenvalue weighted by Crippen LogP contribution is -2.41. The molecule has 0 radical (unpaired) electrons. The molecule has 1 aromatic carbocycles.